The highest BCUT2D eigenvalue weighted by Gasteiger charge is 2.41. The van der Waals surface area contributed by atoms with Crippen LogP contribution in [0.1, 0.15) is 34.3 Å². The molecule has 1 fully saturated rings. The van der Waals surface area contributed by atoms with Crippen LogP contribution in [0, 0.1) is 0 Å². The molecule has 0 aromatic heterocycles. The minimum absolute atomic E-state index is 0.0988. The number of carbonyl (C=O) groups excluding carboxylic acids is 2. The van der Waals surface area contributed by atoms with Crippen molar-refractivity contribution in [2.75, 3.05) is 19.6 Å². The highest BCUT2D eigenvalue weighted by Crippen LogP contribution is 2.37. The lowest BCUT2D eigenvalue weighted by Gasteiger charge is -2.45. The first-order valence-electron chi connectivity index (χ1n) is 10.9. The lowest BCUT2D eigenvalue weighted by molar-refractivity contribution is -0.124. The van der Waals surface area contributed by atoms with Gasteiger partial charge in [0.15, 0.2) is 5.78 Å². The number of hydrogen-bond donors (Lipinski definition) is 1. The quantitative estimate of drug-likeness (QED) is 0.656. The summed E-state index contributed by atoms with van der Waals surface area (Å²) >= 11 is 0. The molecular weight excluding hydrogens is 384 g/mol. The van der Waals surface area contributed by atoms with Gasteiger partial charge in [0.25, 0.3) is 0 Å². The topological polar surface area (TPSA) is 49.4 Å². The Morgan fingerprint density at radius 1 is 0.839 bits per heavy atom. The Hall–Kier alpha value is -3.24. The van der Waals surface area contributed by atoms with E-state index in [0.29, 0.717) is 13.0 Å². The van der Waals surface area contributed by atoms with Crippen molar-refractivity contribution in [3.05, 3.63) is 95.6 Å². The fourth-order valence-corrected chi connectivity index (χ4v) is 4.95. The maximum atomic E-state index is 12.9. The molecule has 1 saturated heterocycles. The normalized spacial score (nSPS) is 17.7. The van der Waals surface area contributed by atoms with Crippen molar-refractivity contribution in [2.45, 2.75) is 24.8 Å². The summed E-state index contributed by atoms with van der Waals surface area (Å²) in [6.45, 7) is 2.00. The number of piperidine rings is 1. The van der Waals surface area contributed by atoms with Gasteiger partial charge in [-0.3, -0.25) is 14.5 Å². The molecule has 0 aliphatic carbocycles. The molecule has 1 N–H and O–H groups in total. The van der Waals surface area contributed by atoms with Crippen LogP contribution in [0.2, 0.25) is 0 Å². The molecule has 156 valence electrons. The number of rotatable bonds is 4. The molecule has 4 nitrogen and oxygen atoms in total. The molecule has 0 radical (unpaired) electrons. The fourth-order valence-electron chi connectivity index (χ4n) is 4.95. The van der Waals surface area contributed by atoms with Gasteiger partial charge in [-0.1, -0.05) is 78.9 Å². The van der Waals surface area contributed by atoms with Crippen LogP contribution in [0.3, 0.4) is 0 Å². The Labute approximate surface area is 182 Å². The maximum absolute atomic E-state index is 12.9. The molecule has 3 aromatic rings. The van der Waals surface area contributed by atoms with Crippen LogP contribution < -0.4 is 5.32 Å². The van der Waals surface area contributed by atoms with Crippen LogP contribution in [0.4, 0.5) is 0 Å². The van der Waals surface area contributed by atoms with E-state index in [-0.39, 0.29) is 17.2 Å². The van der Waals surface area contributed by atoms with Crippen molar-refractivity contribution in [1.29, 1.82) is 0 Å². The van der Waals surface area contributed by atoms with Crippen molar-refractivity contribution in [3.63, 3.8) is 0 Å². The van der Waals surface area contributed by atoms with E-state index in [0.717, 1.165) is 48.2 Å². The van der Waals surface area contributed by atoms with Crippen molar-refractivity contribution < 1.29 is 9.59 Å². The van der Waals surface area contributed by atoms with Crippen LogP contribution in [-0.4, -0.2) is 36.2 Å². The zero-order chi connectivity index (χ0) is 21.3. The van der Waals surface area contributed by atoms with E-state index in [4.69, 9.17) is 0 Å². The summed E-state index contributed by atoms with van der Waals surface area (Å²) in [6, 6.07) is 26.3. The number of benzene rings is 3. The molecule has 3 aromatic carbocycles. The summed E-state index contributed by atoms with van der Waals surface area (Å²) in [5.41, 5.74) is 5.10. The molecule has 1 spiro atoms. The van der Waals surface area contributed by atoms with Crippen molar-refractivity contribution >= 4 is 11.7 Å². The van der Waals surface area contributed by atoms with E-state index in [9.17, 15) is 9.59 Å². The van der Waals surface area contributed by atoms with Crippen LogP contribution >= 0.6 is 0 Å². The van der Waals surface area contributed by atoms with Gasteiger partial charge in [-0.25, -0.2) is 0 Å². The first-order chi connectivity index (χ1) is 15.1. The lowest BCUT2D eigenvalue weighted by atomic mass is 9.75. The van der Waals surface area contributed by atoms with E-state index in [1.165, 1.54) is 5.56 Å². The minimum Gasteiger partial charge on any atom is -0.346 e. The molecule has 2 aliphatic heterocycles. The maximum Gasteiger partial charge on any atom is 0.225 e. The number of likely N-dealkylation sites (tertiary alicyclic amines) is 1. The Morgan fingerprint density at radius 3 is 2.23 bits per heavy atom. The predicted molar refractivity (Wildman–Crippen MR) is 122 cm³/mol. The predicted octanol–water partition coefficient (Wildman–Crippen LogP) is 4.20. The van der Waals surface area contributed by atoms with E-state index in [1.54, 1.807) is 0 Å². The van der Waals surface area contributed by atoms with Gasteiger partial charge in [0.2, 0.25) is 5.91 Å². The van der Waals surface area contributed by atoms with Gasteiger partial charge in [-0.05, 0) is 35.1 Å². The third-order valence-corrected chi connectivity index (χ3v) is 6.65. The lowest BCUT2D eigenvalue weighted by Crippen LogP contribution is -2.56. The second-order valence-corrected chi connectivity index (χ2v) is 8.61. The molecular formula is C27H26N2O2. The smallest absolute Gasteiger partial charge is 0.225 e. The molecule has 0 saturated carbocycles. The number of nitrogens with zero attached hydrogens (tertiary/aromatic N) is 1. The molecule has 31 heavy (non-hydrogen) atoms. The molecule has 4 heteroatoms. The summed E-state index contributed by atoms with van der Waals surface area (Å²) in [5.74, 6) is 0.241. The number of amides is 1. The molecule has 0 bridgehead atoms. The van der Waals surface area contributed by atoms with Gasteiger partial charge in [0.1, 0.15) is 0 Å². The average Bonchev–Trinajstić information content (AvgIpc) is 2.81. The molecule has 2 aliphatic rings. The highest BCUT2D eigenvalue weighted by molar-refractivity contribution is 5.98. The third-order valence-electron chi connectivity index (χ3n) is 6.65. The largest absolute Gasteiger partial charge is 0.346 e. The van der Waals surface area contributed by atoms with E-state index in [2.05, 4.69) is 34.5 Å². The first-order valence-corrected chi connectivity index (χ1v) is 10.9. The Kier molecular flexibility index (Phi) is 5.16. The molecule has 5 rings (SSSR count). The van der Waals surface area contributed by atoms with Crippen LogP contribution in [-0.2, 0) is 16.8 Å². The van der Waals surface area contributed by atoms with Crippen LogP contribution in [0.15, 0.2) is 78.9 Å². The molecule has 0 unspecified atom stereocenters. The molecule has 2 heterocycles. The number of hydrogen-bond acceptors (Lipinski definition) is 3. The van der Waals surface area contributed by atoms with Crippen LogP contribution in [0.5, 0.6) is 0 Å². The first kappa shape index (κ1) is 19.7. The third kappa shape index (κ3) is 3.91. The van der Waals surface area contributed by atoms with Crippen LogP contribution in [0.25, 0.3) is 11.1 Å². The van der Waals surface area contributed by atoms with Gasteiger partial charge in [-0.2, -0.15) is 0 Å². The Morgan fingerprint density at radius 2 is 1.48 bits per heavy atom. The minimum atomic E-state index is -0.289. The number of fused-ring (bicyclic) bond motifs is 2. The van der Waals surface area contributed by atoms with E-state index in [1.807, 2.05) is 54.6 Å². The SMILES string of the molecule is O=C1Cc2ccccc2C2(CCN(CC(=O)c3ccc(-c4ccccc4)cc3)CC2)N1. The van der Waals surface area contributed by atoms with Gasteiger partial charge < -0.3 is 5.32 Å². The van der Waals surface area contributed by atoms with Crippen molar-refractivity contribution in [3.8, 4) is 11.1 Å². The van der Waals surface area contributed by atoms with Crippen molar-refractivity contribution in [1.82, 2.24) is 10.2 Å². The summed E-state index contributed by atoms with van der Waals surface area (Å²) in [5, 5.41) is 3.26. The van der Waals surface area contributed by atoms with E-state index >= 15 is 0 Å². The zero-order valence-corrected chi connectivity index (χ0v) is 17.5. The second kappa shape index (κ2) is 8.12. The standard InChI is InChI=1S/C27H26N2O2/c30-25(22-12-10-21(11-13-22)20-6-2-1-3-7-20)19-29-16-14-27(15-17-29)24-9-5-4-8-23(24)18-26(31)28-27/h1-13H,14-19H2,(H,28,31). The fraction of sp³-hybridized carbons (Fsp3) is 0.259. The summed E-state index contributed by atoms with van der Waals surface area (Å²) in [4.78, 5) is 27.4. The zero-order valence-electron chi connectivity index (χ0n) is 17.5. The Bertz CT molecular complexity index is 1100. The molecule has 0 atom stereocenters. The number of carbonyl (C=O) groups is 2. The summed E-state index contributed by atoms with van der Waals surface area (Å²) < 4.78 is 0. The monoisotopic (exact) mass is 410 g/mol. The number of nitrogens with one attached hydrogen (secondary N) is 1. The van der Waals surface area contributed by atoms with E-state index < -0.39 is 0 Å². The van der Waals surface area contributed by atoms with Gasteiger partial charge >= 0.3 is 0 Å². The summed E-state index contributed by atoms with van der Waals surface area (Å²) in [7, 11) is 0. The number of Topliss-reactive ketones (excluding diaryl/α,β-unsaturated/α-hetero) is 1. The van der Waals surface area contributed by atoms with Gasteiger partial charge in [-0.15, -0.1) is 0 Å². The second-order valence-electron chi connectivity index (χ2n) is 8.61. The van der Waals surface area contributed by atoms with Gasteiger partial charge in [0.05, 0.1) is 18.5 Å². The Balaban J connectivity index is 1.24. The summed E-state index contributed by atoms with van der Waals surface area (Å²) in [6.07, 6.45) is 2.12. The number of ketones is 1. The average molecular weight is 411 g/mol. The van der Waals surface area contributed by atoms with Gasteiger partial charge in [0, 0.05) is 18.7 Å². The van der Waals surface area contributed by atoms with Crippen molar-refractivity contribution in [2.24, 2.45) is 0 Å². The molecule has 1 amide bonds. The highest BCUT2D eigenvalue weighted by atomic mass is 16.2.